The number of hydrogen-bond donors (Lipinski definition) is 2. The first kappa shape index (κ1) is 15.8. The molecule has 1 saturated carbocycles. The summed E-state index contributed by atoms with van der Waals surface area (Å²) in [4.78, 5) is 11.5. The standard InChI is InChI=1S/C14H24N4O3/c1-14(2,3)21-13(20)15-8-10-6-12(7-10)18-9-11(4-5-19)16-17-18/h9-10,12,19H,4-8H2,1-3H3,(H,15,20). The van der Waals surface area contributed by atoms with Crippen molar-refractivity contribution in [1.82, 2.24) is 20.3 Å². The van der Waals surface area contributed by atoms with Crippen LogP contribution in [-0.4, -0.2) is 44.9 Å². The molecular weight excluding hydrogens is 272 g/mol. The third kappa shape index (κ3) is 4.70. The Bertz CT molecular complexity index is 475. The van der Waals surface area contributed by atoms with Gasteiger partial charge in [-0.15, -0.1) is 5.10 Å². The maximum Gasteiger partial charge on any atom is 0.407 e. The lowest BCUT2D eigenvalue weighted by molar-refractivity contribution is 0.0497. The fourth-order valence-electron chi connectivity index (χ4n) is 2.35. The molecule has 0 unspecified atom stereocenters. The molecule has 0 aliphatic heterocycles. The molecule has 7 nitrogen and oxygen atoms in total. The zero-order chi connectivity index (χ0) is 15.5. The number of rotatable bonds is 5. The third-order valence-corrected chi connectivity index (χ3v) is 3.44. The first-order chi connectivity index (χ1) is 9.87. The predicted octanol–water partition coefficient (Wildman–Crippen LogP) is 1.29. The summed E-state index contributed by atoms with van der Waals surface area (Å²) in [6.45, 7) is 6.26. The van der Waals surface area contributed by atoms with Gasteiger partial charge >= 0.3 is 6.09 Å². The lowest BCUT2D eigenvalue weighted by Crippen LogP contribution is -2.39. The Hall–Kier alpha value is -1.63. The van der Waals surface area contributed by atoms with Gasteiger partial charge in [-0.1, -0.05) is 5.21 Å². The minimum atomic E-state index is -0.462. The van der Waals surface area contributed by atoms with E-state index in [1.54, 1.807) is 0 Å². The first-order valence-electron chi connectivity index (χ1n) is 7.36. The molecule has 0 radical (unpaired) electrons. The summed E-state index contributed by atoms with van der Waals surface area (Å²) in [5, 5.41) is 19.7. The zero-order valence-corrected chi connectivity index (χ0v) is 12.9. The summed E-state index contributed by atoms with van der Waals surface area (Å²) in [5.41, 5.74) is 0.351. The number of carbonyl (C=O) groups is 1. The van der Waals surface area contributed by atoms with Gasteiger partial charge in [0.05, 0.1) is 11.7 Å². The van der Waals surface area contributed by atoms with Gasteiger partial charge in [-0.2, -0.15) is 0 Å². The molecule has 1 aliphatic rings. The van der Waals surface area contributed by atoms with Crippen LogP contribution < -0.4 is 5.32 Å². The minimum absolute atomic E-state index is 0.0891. The van der Waals surface area contributed by atoms with Gasteiger partial charge in [-0.05, 0) is 39.5 Å². The molecule has 2 rings (SSSR count). The second-order valence-electron chi connectivity index (χ2n) is 6.54. The summed E-state index contributed by atoms with van der Waals surface area (Å²) in [7, 11) is 0. The van der Waals surface area contributed by atoms with E-state index in [-0.39, 0.29) is 12.7 Å². The highest BCUT2D eigenvalue weighted by Gasteiger charge is 2.31. The second kappa shape index (κ2) is 6.43. The average molecular weight is 296 g/mol. The second-order valence-corrected chi connectivity index (χ2v) is 6.54. The van der Waals surface area contributed by atoms with Crippen LogP contribution in [0.25, 0.3) is 0 Å². The fraction of sp³-hybridized carbons (Fsp3) is 0.786. The van der Waals surface area contributed by atoms with Crippen molar-refractivity contribution in [2.75, 3.05) is 13.2 Å². The molecule has 1 amide bonds. The van der Waals surface area contributed by atoms with Crippen LogP contribution >= 0.6 is 0 Å². The van der Waals surface area contributed by atoms with Crippen LogP contribution in [0, 0.1) is 5.92 Å². The molecule has 1 aromatic heterocycles. The van der Waals surface area contributed by atoms with Crippen LogP contribution in [0.15, 0.2) is 6.20 Å². The van der Waals surface area contributed by atoms with Gasteiger partial charge in [-0.25, -0.2) is 9.48 Å². The highest BCUT2D eigenvalue weighted by atomic mass is 16.6. The number of carbonyl (C=O) groups excluding carboxylic acids is 1. The minimum Gasteiger partial charge on any atom is -0.444 e. The smallest absolute Gasteiger partial charge is 0.407 e. The number of ether oxygens (including phenoxy) is 1. The summed E-state index contributed by atoms with van der Waals surface area (Å²) >= 11 is 0. The highest BCUT2D eigenvalue weighted by molar-refractivity contribution is 5.67. The van der Waals surface area contributed by atoms with Crippen molar-refractivity contribution in [2.24, 2.45) is 5.92 Å². The van der Waals surface area contributed by atoms with Crippen molar-refractivity contribution in [2.45, 2.75) is 51.7 Å². The third-order valence-electron chi connectivity index (χ3n) is 3.44. The summed E-state index contributed by atoms with van der Waals surface area (Å²) in [5.74, 6) is 0.452. The Morgan fingerprint density at radius 3 is 2.86 bits per heavy atom. The van der Waals surface area contributed by atoms with E-state index in [2.05, 4.69) is 15.6 Å². The van der Waals surface area contributed by atoms with Crippen molar-refractivity contribution in [3.8, 4) is 0 Å². The average Bonchev–Trinajstić information content (AvgIpc) is 2.73. The van der Waals surface area contributed by atoms with E-state index in [0.29, 0.717) is 24.9 Å². The van der Waals surface area contributed by atoms with E-state index >= 15 is 0 Å². The number of nitrogens with zero attached hydrogens (tertiary/aromatic N) is 3. The molecule has 0 saturated heterocycles. The van der Waals surface area contributed by atoms with Gasteiger partial charge in [0.25, 0.3) is 0 Å². The van der Waals surface area contributed by atoms with Crippen molar-refractivity contribution in [3.05, 3.63) is 11.9 Å². The van der Waals surface area contributed by atoms with Crippen molar-refractivity contribution in [3.63, 3.8) is 0 Å². The van der Waals surface area contributed by atoms with E-state index in [9.17, 15) is 4.79 Å². The number of hydrogen-bond acceptors (Lipinski definition) is 5. The molecule has 0 spiro atoms. The van der Waals surface area contributed by atoms with Crippen LogP contribution in [0.1, 0.15) is 45.3 Å². The summed E-state index contributed by atoms with van der Waals surface area (Å²) in [6.07, 6.45) is 4.00. The van der Waals surface area contributed by atoms with Crippen molar-refractivity contribution in [1.29, 1.82) is 0 Å². The zero-order valence-electron chi connectivity index (χ0n) is 12.9. The normalized spacial score (nSPS) is 21.7. The monoisotopic (exact) mass is 296 g/mol. The lowest BCUT2D eigenvalue weighted by atomic mass is 9.80. The molecule has 1 aliphatic carbocycles. The predicted molar refractivity (Wildman–Crippen MR) is 76.8 cm³/mol. The molecule has 0 atom stereocenters. The topological polar surface area (TPSA) is 89.3 Å². The first-order valence-corrected chi connectivity index (χ1v) is 7.36. The van der Waals surface area contributed by atoms with Gasteiger partial charge in [0.2, 0.25) is 0 Å². The Morgan fingerprint density at radius 2 is 2.24 bits per heavy atom. The Labute approximate surface area is 124 Å². The summed E-state index contributed by atoms with van der Waals surface area (Å²) in [6, 6.07) is 0.343. The number of aromatic nitrogens is 3. The molecule has 7 heteroatoms. The van der Waals surface area contributed by atoms with Gasteiger partial charge < -0.3 is 15.2 Å². The summed E-state index contributed by atoms with van der Waals surface area (Å²) < 4.78 is 7.05. The van der Waals surface area contributed by atoms with Crippen molar-refractivity contribution >= 4 is 6.09 Å². The number of amides is 1. The van der Waals surface area contributed by atoms with Crippen LogP contribution in [0.4, 0.5) is 4.79 Å². The number of alkyl carbamates (subject to hydrolysis) is 1. The molecule has 118 valence electrons. The number of nitrogens with one attached hydrogen (secondary N) is 1. The van der Waals surface area contributed by atoms with E-state index in [1.165, 1.54) is 0 Å². The Morgan fingerprint density at radius 1 is 1.52 bits per heavy atom. The van der Waals surface area contributed by atoms with Gasteiger partial charge in [0.15, 0.2) is 0 Å². The molecule has 0 aromatic carbocycles. The van der Waals surface area contributed by atoms with E-state index in [4.69, 9.17) is 9.84 Å². The van der Waals surface area contributed by atoms with Crippen LogP contribution in [0.2, 0.25) is 0 Å². The number of aliphatic hydroxyl groups excluding tert-OH is 1. The van der Waals surface area contributed by atoms with E-state index in [0.717, 1.165) is 18.5 Å². The number of aliphatic hydroxyl groups is 1. The maximum absolute atomic E-state index is 11.5. The Kier molecular flexibility index (Phi) is 4.82. The largest absolute Gasteiger partial charge is 0.444 e. The quantitative estimate of drug-likeness (QED) is 0.854. The fourth-order valence-corrected chi connectivity index (χ4v) is 2.35. The van der Waals surface area contributed by atoms with Crippen LogP contribution in [0.5, 0.6) is 0 Å². The maximum atomic E-state index is 11.5. The SMILES string of the molecule is CC(C)(C)OC(=O)NCC1CC(n2cc(CCO)nn2)C1. The molecule has 1 aromatic rings. The molecular formula is C14H24N4O3. The Balaban J connectivity index is 1.68. The molecule has 21 heavy (non-hydrogen) atoms. The molecule has 1 fully saturated rings. The molecule has 1 heterocycles. The molecule has 0 bridgehead atoms. The van der Waals surface area contributed by atoms with Gasteiger partial charge in [0, 0.05) is 25.8 Å². The van der Waals surface area contributed by atoms with Crippen molar-refractivity contribution < 1.29 is 14.6 Å². The van der Waals surface area contributed by atoms with E-state index in [1.807, 2.05) is 31.6 Å². The van der Waals surface area contributed by atoms with E-state index < -0.39 is 5.60 Å². The molecule has 2 N–H and O–H groups in total. The van der Waals surface area contributed by atoms with Crippen LogP contribution in [-0.2, 0) is 11.2 Å². The lowest BCUT2D eigenvalue weighted by Gasteiger charge is -2.35. The van der Waals surface area contributed by atoms with Gasteiger partial charge in [0.1, 0.15) is 5.60 Å². The highest BCUT2D eigenvalue weighted by Crippen LogP contribution is 2.36. The van der Waals surface area contributed by atoms with Crippen LogP contribution in [0.3, 0.4) is 0 Å². The van der Waals surface area contributed by atoms with Gasteiger partial charge in [-0.3, -0.25) is 0 Å².